The van der Waals surface area contributed by atoms with Crippen molar-refractivity contribution in [2.24, 2.45) is 0 Å². The molecule has 0 saturated carbocycles. The molecule has 2 saturated heterocycles. The molecule has 2 fully saturated rings. The molecule has 0 bridgehead atoms. The number of piperidine rings is 1. The fourth-order valence-electron chi connectivity index (χ4n) is 5.73. The largest absolute Gasteiger partial charge is 0.496 e. The van der Waals surface area contributed by atoms with Crippen molar-refractivity contribution < 1.29 is 19.1 Å². The Labute approximate surface area is 241 Å². The van der Waals surface area contributed by atoms with Crippen LogP contribution in [0.4, 0.5) is 5.69 Å². The number of nitrogens with zero attached hydrogens (tertiary/aromatic N) is 3. The van der Waals surface area contributed by atoms with Gasteiger partial charge in [0.2, 0.25) is 11.8 Å². The number of carbonyl (C=O) groups excluding carboxylic acids is 3. The molecule has 3 amide bonds. The van der Waals surface area contributed by atoms with Crippen LogP contribution in [-0.4, -0.2) is 73.0 Å². The molecule has 0 aromatic heterocycles. The van der Waals surface area contributed by atoms with Crippen LogP contribution >= 0.6 is 0 Å². The van der Waals surface area contributed by atoms with Crippen molar-refractivity contribution in [3.05, 3.63) is 102 Å². The minimum atomic E-state index is -0.793. The Balaban J connectivity index is 1.23. The average molecular weight is 553 g/mol. The number of nitrogens with one attached hydrogen (secondary N) is 1. The third-order valence-corrected chi connectivity index (χ3v) is 7.95. The number of para-hydroxylation sites is 2. The lowest BCUT2D eigenvalue weighted by molar-refractivity contribution is -0.138. The summed E-state index contributed by atoms with van der Waals surface area (Å²) in [5, 5.41) is 2.96. The zero-order valence-electron chi connectivity index (χ0n) is 23.4. The topological polar surface area (TPSA) is 82.2 Å². The van der Waals surface area contributed by atoms with Gasteiger partial charge in [-0.05, 0) is 54.7 Å². The highest BCUT2D eigenvalue weighted by Gasteiger charge is 2.54. The molecule has 8 nitrogen and oxygen atoms in total. The Morgan fingerprint density at radius 1 is 0.927 bits per heavy atom. The molecule has 0 unspecified atom stereocenters. The lowest BCUT2D eigenvalue weighted by Crippen LogP contribution is -2.57. The molecule has 2 heterocycles. The summed E-state index contributed by atoms with van der Waals surface area (Å²) in [4.78, 5) is 45.3. The summed E-state index contributed by atoms with van der Waals surface area (Å²) in [5.41, 5.74) is 2.12. The first-order chi connectivity index (χ1) is 20.0. The molecular formula is C33H36N4O4. The van der Waals surface area contributed by atoms with Crippen LogP contribution in [0.2, 0.25) is 0 Å². The quantitative estimate of drug-likeness (QED) is 0.409. The van der Waals surface area contributed by atoms with E-state index in [0.717, 1.165) is 22.6 Å². The second-order valence-electron chi connectivity index (χ2n) is 10.4. The first-order valence-corrected chi connectivity index (χ1v) is 14.0. The van der Waals surface area contributed by atoms with Gasteiger partial charge in [-0.2, -0.15) is 0 Å². The van der Waals surface area contributed by atoms with Gasteiger partial charge in [0.1, 0.15) is 17.8 Å². The highest BCUT2D eigenvalue weighted by atomic mass is 16.5. The number of benzene rings is 3. The maximum Gasteiger partial charge on any atom is 0.250 e. The molecule has 0 atom stereocenters. The SMILES string of the molecule is COc1ccccc1CCNC(=O)CN1CN(c2ccccc2)C2(CCN(C(=O)C=Cc3ccccc3)CC2)C1=O. The van der Waals surface area contributed by atoms with Crippen LogP contribution < -0.4 is 15.0 Å². The maximum atomic E-state index is 13.9. The van der Waals surface area contributed by atoms with Crippen molar-refractivity contribution in [2.45, 2.75) is 24.8 Å². The molecule has 1 N–H and O–H groups in total. The molecule has 3 aromatic carbocycles. The highest BCUT2D eigenvalue weighted by molar-refractivity contribution is 5.97. The van der Waals surface area contributed by atoms with Gasteiger partial charge in [-0.3, -0.25) is 14.4 Å². The lowest BCUT2D eigenvalue weighted by atomic mass is 9.85. The summed E-state index contributed by atoms with van der Waals surface area (Å²) < 4.78 is 5.40. The van der Waals surface area contributed by atoms with Crippen LogP contribution in [0.25, 0.3) is 6.08 Å². The fourth-order valence-corrected chi connectivity index (χ4v) is 5.73. The summed E-state index contributed by atoms with van der Waals surface area (Å²) in [6.07, 6.45) is 5.04. The molecule has 1 spiro atoms. The zero-order valence-corrected chi connectivity index (χ0v) is 23.4. The first kappa shape index (κ1) is 28.0. The maximum absolute atomic E-state index is 13.9. The van der Waals surface area contributed by atoms with E-state index in [0.29, 0.717) is 45.6 Å². The van der Waals surface area contributed by atoms with Gasteiger partial charge < -0.3 is 24.8 Å². The molecule has 8 heteroatoms. The number of likely N-dealkylation sites (tertiary alicyclic amines) is 1. The monoisotopic (exact) mass is 552 g/mol. The van der Waals surface area contributed by atoms with Gasteiger partial charge in [0.15, 0.2) is 0 Å². The van der Waals surface area contributed by atoms with Gasteiger partial charge in [-0.25, -0.2) is 0 Å². The second kappa shape index (κ2) is 12.7. The predicted molar refractivity (Wildman–Crippen MR) is 159 cm³/mol. The van der Waals surface area contributed by atoms with Crippen molar-refractivity contribution in [1.82, 2.24) is 15.1 Å². The molecule has 0 radical (unpaired) electrons. The number of carbonyl (C=O) groups is 3. The van der Waals surface area contributed by atoms with E-state index in [1.807, 2.05) is 91.0 Å². The molecule has 2 aliphatic heterocycles. The number of amides is 3. The summed E-state index contributed by atoms with van der Waals surface area (Å²) in [6, 6.07) is 27.3. The average Bonchev–Trinajstić information content (AvgIpc) is 3.27. The van der Waals surface area contributed by atoms with Gasteiger partial charge in [0.25, 0.3) is 5.91 Å². The molecule has 2 aliphatic rings. The number of hydrogen-bond acceptors (Lipinski definition) is 5. The normalized spacial score (nSPS) is 16.4. The minimum absolute atomic E-state index is 0.0156. The van der Waals surface area contributed by atoms with E-state index in [-0.39, 0.29) is 24.3 Å². The van der Waals surface area contributed by atoms with Crippen LogP contribution in [-0.2, 0) is 20.8 Å². The van der Waals surface area contributed by atoms with E-state index in [4.69, 9.17) is 4.74 Å². The number of rotatable bonds is 9. The third kappa shape index (κ3) is 6.27. The van der Waals surface area contributed by atoms with E-state index < -0.39 is 5.54 Å². The fraction of sp³-hybridized carbons (Fsp3) is 0.303. The molecule has 212 valence electrons. The van der Waals surface area contributed by atoms with Gasteiger partial charge in [-0.1, -0.05) is 66.7 Å². The van der Waals surface area contributed by atoms with Gasteiger partial charge >= 0.3 is 0 Å². The summed E-state index contributed by atoms with van der Waals surface area (Å²) in [5.74, 6) is 0.467. The zero-order chi connectivity index (χ0) is 28.7. The van der Waals surface area contributed by atoms with Crippen molar-refractivity contribution in [2.75, 3.05) is 44.9 Å². The number of anilines is 1. The van der Waals surface area contributed by atoms with Gasteiger partial charge in [0, 0.05) is 31.4 Å². The van der Waals surface area contributed by atoms with E-state index in [9.17, 15) is 14.4 Å². The number of hydrogen-bond donors (Lipinski definition) is 1. The van der Waals surface area contributed by atoms with Crippen LogP contribution in [0.5, 0.6) is 5.75 Å². The number of methoxy groups -OCH3 is 1. The van der Waals surface area contributed by atoms with E-state index in [1.54, 1.807) is 23.0 Å². The van der Waals surface area contributed by atoms with Crippen molar-refractivity contribution >= 4 is 29.5 Å². The van der Waals surface area contributed by atoms with Gasteiger partial charge in [-0.15, -0.1) is 0 Å². The van der Waals surface area contributed by atoms with E-state index in [2.05, 4.69) is 10.2 Å². The molecule has 41 heavy (non-hydrogen) atoms. The Hall–Kier alpha value is -4.59. The Bertz CT molecular complexity index is 1380. The molecule has 3 aromatic rings. The number of ether oxygens (including phenoxy) is 1. The molecular weight excluding hydrogens is 516 g/mol. The van der Waals surface area contributed by atoms with Crippen LogP contribution in [0.15, 0.2) is 91.0 Å². The molecule has 5 rings (SSSR count). The Morgan fingerprint density at radius 3 is 2.29 bits per heavy atom. The molecule has 0 aliphatic carbocycles. The second-order valence-corrected chi connectivity index (χ2v) is 10.4. The smallest absolute Gasteiger partial charge is 0.250 e. The van der Waals surface area contributed by atoms with Crippen molar-refractivity contribution in [3.8, 4) is 5.75 Å². The first-order valence-electron chi connectivity index (χ1n) is 14.0. The van der Waals surface area contributed by atoms with Crippen LogP contribution in [0.3, 0.4) is 0 Å². The van der Waals surface area contributed by atoms with Crippen LogP contribution in [0.1, 0.15) is 24.0 Å². The summed E-state index contributed by atoms with van der Waals surface area (Å²) in [6.45, 7) is 1.68. The Morgan fingerprint density at radius 2 is 1.59 bits per heavy atom. The van der Waals surface area contributed by atoms with Gasteiger partial charge in [0.05, 0.1) is 13.8 Å². The van der Waals surface area contributed by atoms with E-state index >= 15 is 0 Å². The standard InChI is InChI=1S/C33H36N4O4/c1-41-29-15-9-8-12-27(29)18-21-34-30(38)24-36-25-37(28-13-6-3-7-14-28)33(32(36)40)19-22-35(23-20-33)31(39)17-16-26-10-4-2-5-11-26/h2-17H,18-25H2,1H3,(H,34,38). The van der Waals surface area contributed by atoms with Crippen LogP contribution in [0, 0.1) is 0 Å². The van der Waals surface area contributed by atoms with E-state index in [1.165, 1.54) is 0 Å². The minimum Gasteiger partial charge on any atom is -0.496 e. The summed E-state index contributed by atoms with van der Waals surface area (Å²) >= 11 is 0. The third-order valence-electron chi connectivity index (χ3n) is 7.95. The predicted octanol–water partition coefficient (Wildman–Crippen LogP) is 3.73. The van der Waals surface area contributed by atoms with Crippen molar-refractivity contribution in [3.63, 3.8) is 0 Å². The Kier molecular flexibility index (Phi) is 8.67. The summed E-state index contributed by atoms with van der Waals surface area (Å²) in [7, 11) is 1.63. The van der Waals surface area contributed by atoms with Crippen molar-refractivity contribution in [1.29, 1.82) is 0 Å². The lowest BCUT2D eigenvalue weighted by Gasteiger charge is -2.43. The highest BCUT2D eigenvalue weighted by Crippen LogP contribution is 2.39.